The summed E-state index contributed by atoms with van der Waals surface area (Å²) in [6.07, 6.45) is 1.74. The Morgan fingerprint density at radius 2 is 1.86 bits per heavy atom. The van der Waals surface area contributed by atoms with Gasteiger partial charge >= 0.3 is 5.97 Å². The van der Waals surface area contributed by atoms with Crippen molar-refractivity contribution in [3.63, 3.8) is 0 Å². The minimum Gasteiger partial charge on any atom is -0.465 e. The van der Waals surface area contributed by atoms with E-state index in [1.54, 1.807) is 24.4 Å². The first-order chi connectivity index (χ1) is 17.9. The van der Waals surface area contributed by atoms with Crippen LogP contribution in [0.5, 0.6) is 0 Å². The third-order valence-corrected chi connectivity index (χ3v) is 6.36. The number of esters is 1. The second-order valence-corrected chi connectivity index (χ2v) is 8.89. The highest BCUT2D eigenvalue weighted by Gasteiger charge is 2.42. The minimum atomic E-state index is -0.414. The van der Waals surface area contributed by atoms with Gasteiger partial charge in [0.1, 0.15) is 17.6 Å². The first-order valence-electron chi connectivity index (χ1n) is 11.6. The summed E-state index contributed by atoms with van der Waals surface area (Å²) >= 11 is 5.76. The van der Waals surface area contributed by atoms with Crippen LogP contribution in [0.25, 0.3) is 11.3 Å². The lowest BCUT2D eigenvalue weighted by atomic mass is 10.0. The van der Waals surface area contributed by atoms with E-state index < -0.39 is 5.97 Å². The van der Waals surface area contributed by atoms with E-state index in [9.17, 15) is 9.59 Å². The quantitative estimate of drug-likeness (QED) is 0.267. The van der Waals surface area contributed by atoms with Gasteiger partial charge in [-0.3, -0.25) is 9.78 Å². The molecule has 3 heterocycles. The highest BCUT2D eigenvalue weighted by Crippen LogP contribution is 2.43. The monoisotopic (exact) mass is 512 g/mol. The second-order valence-electron chi connectivity index (χ2n) is 8.50. The maximum Gasteiger partial charge on any atom is 0.337 e. The lowest BCUT2D eigenvalue weighted by Crippen LogP contribution is -2.29. The first-order valence-corrected chi connectivity index (χ1v) is 12.0. The molecule has 0 aliphatic carbocycles. The van der Waals surface area contributed by atoms with Gasteiger partial charge in [0.2, 0.25) is 5.91 Å². The number of anilines is 2. The Kier molecular flexibility index (Phi) is 6.70. The van der Waals surface area contributed by atoms with Crippen molar-refractivity contribution < 1.29 is 18.7 Å². The number of furan rings is 1. The fraction of sp³-hybridized carbons (Fsp3) is 0.143. The van der Waals surface area contributed by atoms with E-state index in [0.29, 0.717) is 27.9 Å². The van der Waals surface area contributed by atoms with Gasteiger partial charge in [0.25, 0.3) is 0 Å². The van der Waals surface area contributed by atoms with Crippen molar-refractivity contribution in [3.05, 3.63) is 102 Å². The molecular weight excluding hydrogens is 488 g/mol. The van der Waals surface area contributed by atoms with E-state index in [-0.39, 0.29) is 18.0 Å². The van der Waals surface area contributed by atoms with E-state index in [1.165, 1.54) is 14.0 Å². The van der Waals surface area contributed by atoms with Crippen molar-refractivity contribution in [1.29, 1.82) is 0 Å². The van der Waals surface area contributed by atoms with Crippen molar-refractivity contribution in [2.75, 3.05) is 17.3 Å². The van der Waals surface area contributed by atoms with Gasteiger partial charge in [-0.05, 0) is 72.9 Å². The molecule has 1 amide bonds. The third kappa shape index (κ3) is 4.94. The van der Waals surface area contributed by atoms with Gasteiger partial charge in [-0.2, -0.15) is 0 Å². The van der Waals surface area contributed by atoms with Crippen molar-refractivity contribution >= 4 is 40.6 Å². The van der Waals surface area contributed by atoms with Crippen LogP contribution in [0.2, 0.25) is 0 Å². The van der Waals surface area contributed by atoms with E-state index in [0.717, 1.165) is 16.9 Å². The Morgan fingerprint density at radius 1 is 1.05 bits per heavy atom. The number of rotatable bonds is 6. The summed E-state index contributed by atoms with van der Waals surface area (Å²) in [5.74, 6) is 0.730. The number of hydrogen-bond acceptors (Lipinski definition) is 6. The van der Waals surface area contributed by atoms with Crippen LogP contribution in [0, 0.1) is 0 Å². The first kappa shape index (κ1) is 24.2. The number of methoxy groups -OCH3 is 1. The molecule has 4 aromatic rings. The average molecular weight is 513 g/mol. The molecular formula is C28H24N4O4S. The highest BCUT2D eigenvalue weighted by molar-refractivity contribution is 7.80. The molecule has 2 unspecified atom stereocenters. The van der Waals surface area contributed by atoms with Crippen LogP contribution >= 0.6 is 12.2 Å². The van der Waals surface area contributed by atoms with Gasteiger partial charge < -0.3 is 24.7 Å². The second kappa shape index (κ2) is 10.2. The Labute approximate surface area is 219 Å². The highest BCUT2D eigenvalue weighted by atomic mass is 32.1. The normalized spacial score (nSPS) is 16.8. The molecule has 2 aromatic carbocycles. The molecule has 1 fully saturated rings. The number of nitrogens with zero attached hydrogens (tertiary/aromatic N) is 2. The molecule has 8 nitrogen and oxygen atoms in total. The predicted molar refractivity (Wildman–Crippen MR) is 144 cm³/mol. The fourth-order valence-electron chi connectivity index (χ4n) is 4.41. The largest absolute Gasteiger partial charge is 0.465 e. The SMILES string of the molecule is COC(=O)c1cccc(-c2ccc(C3C(c4ccccn4)NC(=S)N3c3ccc(NC(C)=O)cc3)o2)c1. The van der Waals surface area contributed by atoms with Crippen molar-refractivity contribution in [2.24, 2.45) is 0 Å². The molecule has 1 aliphatic rings. The minimum absolute atomic E-state index is 0.140. The molecule has 9 heteroatoms. The van der Waals surface area contributed by atoms with E-state index in [4.69, 9.17) is 21.4 Å². The lowest BCUT2D eigenvalue weighted by Gasteiger charge is -2.26. The standard InChI is InChI=1S/C28H24N4O4S/c1-17(33)30-20-9-11-21(12-10-20)32-26(25(31-28(32)37)22-8-3-4-15-29-22)24-14-13-23(36-24)18-6-5-7-19(16-18)27(34)35-2/h3-16,25-26H,1-2H3,(H,30,33)(H,31,37). The number of ether oxygens (including phenoxy) is 1. The smallest absolute Gasteiger partial charge is 0.337 e. The van der Waals surface area contributed by atoms with Crippen LogP contribution in [0.15, 0.2) is 89.5 Å². The van der Waals surface area contributed by atoms with Crippen LogP contribution in [0.4, 0.5) is 11.4 Å². The number of amides is 1. The topological polar surface area (TPSA) is 96.7 Å². The zero-order valence-electron chi connectivity index (χ0n) is 20.2. The molecule has 0 saturated carbocycles. The van der Waals surface area contributed by atoms with Gasteiger partial charge in [-0.25, -0.2) is 4.79 Å². The van der Waals surface area contributed by atoms with Gasteiger partial charge in [0.15, 0.2) is 5.11 Å². The van der Waals surface area contributed by atoms with Crippen LogP contribution in [-0.4, -0.2) is 29.1 Å². The molecule has 1 saturated heterocycles. The number of hydrogen-bond donors (Lipinski definition) is 2. The number of carbonyl (C=O) groups is 2. The number of nitrogens with one attached hydrogen (secondary N) is 2. The Balaban J connectivity index is 1.54. The van der Waals surface area contributed by atoms with Gasteiger partial charge in [0, 0.05) is 30.1 Å². The zero-order chi connectivity index (χ0) is 25.9. The van der Waals surface area contributed by atoms with Crippen LogP contribution in [-0.2, 0) is 9.53 Å². The van der Waals surface area contributed by atoms with Gasteiger partial charge in [-0.1, -0.05) is 18.2 Å². The predicted octanol–water partition coefficient (Wildman–Crippen LogP) is 5.26. The van der Waals surface area contributed by atoms with E-state index in [2.05, 4.69) is 15.6 Å². The van der Waals surface area contributed by atoms with Crippen molar-refractivity contribution in [3.8, 4) is 11.3 Å². The fourth-order valence-corrected chi connectivity index (χ4v) is 4.76. The van der Waals surface area contributed by atoms with Crippen LogP contribution in [0.1, 0.15) is 40.8 Å². The Hall–Kier alpha value is -4.50. The Bertz CT molecular complexity index is 1450. The molecule has 0 bridgehead atoms. The lowest BCUT2D eigenvalue weighted by molar-refractivity contribution is -0.114. The summed E-state index contributed by atoms with van der Waals surface area (Å²) in [5, 5.41) is 6.71. The summed E-state index contributed by atoms with van der Waals surface area (Å²) in [7, 11) is 1.35. The number of carbonyl (C=O) groups excluding carboxylic acids is 2. The number of thiocarbonyl (C=S) groups is 1. The summed E-state index contributed by atoms with van der Waals surface area (Å²) in [5.41, 5.74) is 3.54. The molecule has 37 heavy (non-hydrogen) atoms. The molecule has 2 atom stereocenters. The average Bonchev–Trinajstić information content (AvgIpc) is 3.54. The zero-order valence-corrected chi connectivity index (χ0v) is 21.0. The maximum atomic E-state index is 12.0. The number of benzene rings is 2. The Morgan fingerprint density at radius 3 is 2.57 bits per heavy atom. The molecule has 0 spiro atoms. The molecule has 186 valence electrons. The molecule has 5 rings (SSSR count). The molecule has 1 aliphatic heterocycles. The summed E-state index contributed by atoms with van der Waals surface area (Å²) in [6, 6.07) is 23.5. The van der Waals surface area contributed by atoms with Gasteiger partial charge in [0.05, 0.1) is 24.4 Å². The van der Waals surface area contributed by atoms with Crippen molar-refractivity contribution in [2.45, 2.75) is 19.0 Å². The molecule has 2 aromatic heterocycles. The van der Waals surface area contributed by atoms with Crippen LogP contribution < -0.4 is 15.5 Å². The van der Waals surface area contributed by atoms with Gasteiger partial charge in [-0.15, -0.1) is 0 Å². The van der Waals surface area contributed by atoms with Crippen molar-refractivity contribution in [1.82, 2.24) is 10.3 Å². The summed E-state index contributed by atoms with van der Waals surface area (Å²) in [4.78, 5) is 30.0. The third-order valence-electron chi connectivity index (χ3n) is 6.05. The van der Waals surface area contributed by atoms with E-state index in [1.807, 2.05) is 65.6 Å². The van der Waals surface area contributed by atoms with Crippen LogP contribution in [0.3, 0.4) is 0 Å². The molecule has 0 radical (unpaired) electrons. The van der Waals surface area contributed by atoms with E-state index >= 15 is 0 Å². The summed E-state index contributed by atoms with van der Waals surface area (Å²) in [6.45, 7) is 1.47. The number of pyridine rings is 1. The molecule has 2 N–H and O–H groups in total. The summed E-state index contributed by atoms with van der Waals surface area (Å²) < 4.78 is 11.2. The number of aromatic nitrogens is 1. The maximum absolute atomic E-state index is 12.0.